The van der Waals surface area contributed by atoms with E-state index in [-0.39, 0.29) is 11.4 Å². The van der Waals surface area contributed by atoms with Gasteiger partial charge in [0.25, 0.3) is 5.91 Å². The van der Waals surface area contributed by atoms with Crippen LogP contribution in [0.5, 0.6) is 5.88 Å². The monoisotopic (exact) mass is 248 g/mol. The summed E-state index contributed by atoms with van der Waals surface area (Å²) in [6.45, 7) is 0.591. The van der Waals surface area contributed by atoms with E-state index in [4.69, 9.17) is 0 Å². The van der Waals surface area contributed by atoms with Crippen molar-refractivity contribution in [2.75, 3.05) is 13.2 Å². The summed E-state index contributed by atoms with van der Waals surface area (Å²) in [7, 11) is 0. The third kappa shape index (κ3) is 4.29. The van der Waals surface area contributed by atoms with Crippen molar-refractivity contribution in [2.24, 2.45) is 0 Å². The van der Waals surface area contributed by atoms with E-state index in [1.807, 2.05) is 0 Å². The lowest BCUT2D eigenvalue weighted by Gasteiger charge is -2.11. The van der Waals surface area contributed by atoms with E-state index in [2.05, 4.69) is 15.0 Å². The van der Waals surface area contributed by atoms with E-state index in [0.717, 1.165) is 0 Å². The summed E-state index contributed by atoms with van der Waals surface area (Å²) in [5, 5.41) is 2.46. The maximum Gasteiger partial charge on any atom is 0.422 e. The summed E-state index contributed by atoms with van der Waals surface area (Å²) >= 11 is 0. The lowest BCUT2D eigenvalue weighted by molar-refractivity contribution is -0.154. The van der Waals surface area contributed by atoms with Gasteiger partial charge in [0, 0.05) is 12.7 Å². The minimum Gasteiger partial charge on any atom is -0.467 e. The van der Waals surface area contributed by atoms with Crippen molar-refractivity contribution in [2.45, 2.75) is 13.1 Å². The highest BCUT2D eigenvalue weighted by atomic mass is 19.4. The number of amides is 1. The molecule has 0 bridgehead atoms. The molecule has 0 aliphatic heterocycles. The molecule has 1 amide bonds. The van der Waals surface area contributed by atoms with Crippen molar-refractivity contribution in [1.29, 1.82) is 0 Å². The first-order chi connectivity index (χ1) is 7.94. The summed E-state index contributed by atoms with van der Waals surface area (Å²) < 4.78 is 40.4. The van der Waals surface area contributed by atoms with Gasteiger partial charge >= 0.3 is 6.18 Å². The van der Waals surface area contributed by atoms with Crippen molar-refractivity contribution in [3.63, 3.8) is 0 Å². The van der Waals surface area contributed by atoms with Crippen LogP contribution in [-0.2, 0) is 0 Å². The van der Waals surface area contributed by atoms with Gasteiger partial charge < -0.3 is 10.1 Å². The fraction of sp³-hybridized carbons (Fsp3) is 0.400. The number of ether oxygens (including phenoxy) is 1. The summed E-state index contributed by atoms with van der Waals surface area (Å²) in [5.74, 6) is -0.839. The molecular formula is C10H11F3N2O2. The zero-order valence-electron chi connectivity index (χ0n) is 9.04. The van der Waals surface area contributed by atoms with Gasteiger partial charge in [-0.15, -0.1) is 0 Å². The first-order valence-corrected chi connectivity index (χ1v) is 4.87. The normalized spacial score (nSPS) is 11.1. The predicted molar refractivity (Wildman–Crippen MR) is 53.8 cm³/mol. The standard InChI is InChI=1S/C10H11F3N2O2/c1-2-14-8(16)7-4-3-5-15-9(7)17-6-10(11,12)13/h3-5H,2,6H2,1H3,(H,14,16). The average Bonchev–Trinajstić information content (AvgIpc) is 2.26. The van der Waals surface area contributed by atoms with Crippen LogP contribution in [-0.4, -0.2) is 30.2 Å². The molecule has 1 rings (SSSR count). The number of pyridine rings is 1. The van der Waals surface area contributed by atoms with Gasteiger partial charge in [-0.2, -0.15) is 13.2 Å². The maximum absolute atomic E-state index is 12.0. The van der Waals surface area contributed by atoms with Gasteiger partial charge in [0.2, 0.25) is 5.88 Å². The third-order valence-electron chi connectivity index (χ3n) is 1.73. The first-order valence-electron chi connectivity index (χ1n) is 4.87. The van der Waals surface area contributed by atoms with E-state index >= 15 is 0 Å². The summed E-state index contributed by atoms with van der Waals surface area (Å²) in [4.78, 5) is 15.1. The van der Waals surface area contributed by atoms with Crippen molar-refractivity contribution in [3.05, 3.63) is 23.9 Å². The van der Waals surface area contributed by atoms with Crippen LogP contribution < -0.4 is 10.1 Å². The molecule has 0 radical (unpaired) electrons. The third-order valence-corrected chi connectivity index (χ3v) is 1.73. The number of hydrogen-bond donors (Lipinski definition) is 1. The van der Waals surface area contributed by atoms with Crippen LogP contribution in [0.25, 0.3) is 0 Å². The van der Waals surface area contributed by atoms with Crippen LogP contribution in [0.2, 0.25) is 0 Å². The van der Waals surface area contributed by atoms with Crippen molar-refractivity contribution in [1.82, 2.24) is 10.3 Å². The van der Waals surface area contributed by atoms with Gasteiger partial charge in [-0.05, 0) is 19.1 Å². The number of alkyl halides is 3. The Morgan fingerprint density at radius 1 is 1.53 bits per heavy atom. The topological polar surface area (TPSA) is 51.2 Å². The quantitative estimate of drug-likeness (QED) is 0.883. The van der Waals surface area contributed by atoms with Crippen LogP contribution in [0.15, 0.2) is 18.3 Å². The van der Waals surface area contributed by atoms with Crippen molar-refractivity contribution >= 4 is 5.91 Å². The summed E-state index contributed by atoms with van der Waals surface area (Å²) in [6.07, 6.45) is -3.20. The molecule has 0 saturated heterocycles. The molecule has 0 spiro atoms. The molecule has 1 heterocycles. The molecule has 0 unspecified atom stereocenters. The number of rotatable bonds is 4. The average molecular weight is 248 g/mol. The number of aromatic nitrogens is 1. The maximum atomic E-state index is 12.0. The molecular weight excluding hydrogens is 237 g/mol. The van der Waals surface area contributed by atoms with Crippen LogP contribution in [0.1, 0.15) is 17.3 Å². The minimum absolute atomic E-state index is 0.0152. The van der Waals surface area contributed by atoms with Crippen LogP contribution in [0.3, 0.4) is 0 Å². The molecule has 1 aromatic rings. The summed E-state index contributed by atoms with van der Waals surface area (Å²) in [6, 6.07) is 2.80. The highest BCUT2D eigenvalue weighted by molar-refractivity contribution is 5.96. The number of hydrogen-bond acceptors (Lipinski definition) is 3. The van der Waals surface area contributed by atoms with Gasteiger partial charge in [-0.25, -0.2) is 4.98 Å². The zero-order chi connectivity index (χ0) is 12.9. The van der Waals surface area contributed by atoms with Crippen LogP contribution in [0.4, 0.5) is 13.2 Å². The Bertz CT molecular complexity index is 393. The lowest BCUT2D eigenvalue weighted by Crippen LogP contribution is -2.25. The fourth-order valence-corrected chi connectivity index (χ4v) is 1.08. The molecule has 7 heteroatoms. The Morgan fingerprint density at radius 2 is 2.24 bits per heavy atom. The second kappa shape index (κ2) is 5.51. The molecule has 0 aromatic carbocycles. The Kier molecular flexibility index (Phi) is 4.30. The summed E-state index contributed by atoms with van der Waals surface area (Å²) in [5.41, 5.74) is -0.0152. The molecule has 94 valence electrons. The van der Waals surface area contributed by atoms with E-state index < -0.39 is 18.7 Å². The van der Waals surface area contributed by atoms with E-state index in [1.165, 1.54) is 18.3 Å². The van der Waals surface area contributed by atoms with Crippen molar-refractivity contribution in [3.8, 4) is 5.88 Å². The van der Waals surface area contributed by atoms with Crippen molar-refractivity contribution < 1.29 is 22.7 Å². The lowest BCUT2D eigenvalue weighted by atomic mass is 10.2. The van der Waals surface area contributed by atoms with Gasteiger partial charge in [-0.3, -0.25) is 4.79 Å². The van der Waals surface area contributed by atoms with Gasteiger partial charge in [0.15, 0.2) is 6.61 Å². The Morgan fingerprint density at radius 3 is 2.82 bits per heavy atom. The highest BCUT2D eigenvalue weighted by Gasteiger charge is 2.29. The molecule has 4 nitrogen and oxygen atoms in total. The first kappa shape index (κ1) is 13.3. The van der Waals surface area contributed by atoms with Gasteiger partial charge in [-0.1, -0.05) is 0 Å². The predicted octanol–water partition coefficient (Wildman–Crippen LogP) is 1.77. The van der Waals surface area contributed by atoms with Crippen LogP contribution >= 0.6 is 0 Å². The molecule has 17 heavy (non-hydrogen) atoms. The smallest absolute Gasteiger partial charge is 0.422 e. The minimum atomic E-state index is -4.46. The Hall–Kier alpha value is -1.79. The molecule has 0 saturated carbocycles. The number of carbonyl (C=O) groups is 1. The fourth-order valence-electron chi connectivity index (χ4n) is 1.08. The van der Waals surface area contributed by atoms with Gasteiger partial charge in [0.05, 0.1) is 0 Å². The number of nitrogens with zero attached hydrogens (tertiary/aromatic N) is 1. The largest absolute Gasteiger partial charge is 0.467 e. The molecule has 0 aliphatic rings. The molecule has 1 aromatic heterocycles. The van der Waals surface area contributed by atoms with Crippen LogP contribution in [0, 0.1) is 0 Å². The Balaban J connectivity index is 2.81. The SMILES string of the molecule is CCNC(=O)c1cccnc1OCC(F)(F)F. The second-order valence-electron chi connectivity index (χ2n) is 3.12. The zero-order valence-corrected chi connectivity index (χ0v) is 9.04. The number of carbonyl (C=O) groups excluding carboxylic acids is 1. The molecule has 0 fully saturated rings. The Labute approximate surface area is 95.8 Å². The van der Waals surface area contributed by atoms with E-state index in [1.54, 1.807) is 6.92 Å². The van der Waals surface area contributed by atoms with Gasteiger partial charge in [0.1, 0.15) is 5.56 Å². The molecule has 0 aliphatic carbocycles. The second-order valence-corrected chi connectivity index (χ2v) is 3.12. The van der Waals surface area contributed by atoms with E-state index in [9.17, 15) is 18.0 Å². The number of nitrogens with one attached hydrogen (secondary N) is 1. The molecule has 0 atom stereocenters. The highest BCUT2D eigenvalue weighted by Crippen LogP contribution is 2.19. The molecule has 1 N–H and O–H groups in total. The van der Waals surface area contributed by atoms with E-state index in [0.29, 0.717) is 6.54 Å². The number of halogens is 3.